The maximum absolute atomic E-state index is 14.0. The van der Waals surface area contributed by atoms with Crippen LogP contribution in [0.4, 0.5) is 10.2 Å². The van der Waals surface area contributed by atoms with Crippen molar-refractivity contribution in [1.82, 2.24) is 9.97 Å². The van der Waals surface area contributed by atoms with Crippen LogP contribution < -0.4 is 11.1 Å². The molecule has 1 aromatic heterocycles. The summed E-state index contributed by atoms with van der Waals surface area (Å²) < 4.78 is 14.0. The topological polar surface area (TPSA) is 80.9 Å². The molecule has 25 heavy (non-hydrogen) atoms. The van der Waals surface area contributed by atoms with Gasteiger partial charge in [0.15, 0.2) is 0 Å². The summed E-state index contributed by atoms with van der Waals surface area (Å²) in [7, 11) is 0. The quantitative estimate of drug-likeness (QED) is 0.732. The highest BCUT2D eigenvalue weighted by Crippen LogP contribution is 2.26. The molecule has 0 saturated carbocycles. The summed E-state index contributed by atoms with van der Waals surface area (Å²) >= 11 is 5.92. The number of carbonyl (C=O) groups excluding carboxylic acids is 1. The molecule has 0 aliphatic carbocycles. The van der Waals surface area contributed by atoms with Crippen LogP contribution in [0.2, 0.25) is 5.02 Å². The van der Waals surface area contributed by atoms with E-state index in [0.717, 1.165) is 0 Å². The van der Waals surface area contributed by atoms with E-state index in [2.05, 4.69) is 15.3 Å². The Hall–Kier alpha value is -2.99. The van der Waals surface area contributed by atoms with E-state index in [4.69, 9.17) is 17.3 Å². The molecule has 0 saturated heterocycles. The van der Waals surface area contributed by atoms with Crippen molar-refractivity contribution in [2.45, 2.75) is 6.04 Å². The zero-order chi connectivity index (χ0) is 17.8. The van der Waals surface area contributed by atoms with Crippen molar-refractivity contribution >= 4 is 23.3 Å². The summed E-state index contributed by atoms with van der Waals surface area (Å²) in [5, 5.41) is 3.32. The Morgan fingerprint density at radius 1 is 1.16 bits per heavy atom. The second-order valence-electron chi connectivity index (χ2n) is 5.30. The largest absolute Gasteiger partial charge is 0.368 e. The van der Waals surface area contributed by atoms with Crippen molar-refractivity contribution in [2.24, 2.45) is 5.73 Å². The fraction of sp³-hybridized carbons (Fsp3) is 0.0556. The molecule has 0 aliphatic heterocycles. The van der Waals surface area contributed by atoms with Crippen LogP contribution in [-0.2, 0) is 4.79 Å². The molecule has 0 aliphatic rings. The SMILES string of the molecule is NC(=O)[C@@H](Nc1cncc(-c2cc(Cl)ccc2F)n1)c1ccccc1. The minimum absolute atomic E-state index is 0.221. The first-order valence-electron chi connectivity index (χ1n) is 7.43. The van der Waals surface area contributed by atoms with Gasteiger partial charge in [-0.2, -0.15) is 0 Å². The van der Waals surface area contributed by atoms with Crippen molar-refractivity contribution in [3.63, 3.8) is 0 Å². The molecule has 7 heteroatoms. The van der Waals surface area contributed by atoms with Gasteiger partial charge in [-0.3, -0.25) is 9.78 Å². The molecule has 2 aromatic carbocycles. The molecule has 3 rings (SSSR count). The van der Waals surface area contributed by atoms with E-state index in [1.165, 1.54) is 30.6 Å². The van der Waals surface area contributed by atoms with Crippen LogP contribution in [0.15, 0.2) is 60.9 Å². The van der Waals surface area contributed by atoms with Crippen molar-refractivity contribution in [1.29, 1.82) is 0 Å². The molecule has 3 N–H and O–H groups in total. The van der Waals surface area contributed by atoms with Gasteiger partial charge in [0.2, 0.25) is 5.91 Å². The third-order valence-corrected chi connectivity index (χ3v) is 3.78. The second kappa shape index (κ2) is 7.27. The molecule has 5 nitrogen and oxygen atoms in total. The Balaban J connectivity index is 1.93. The van der Waals surface area contributed by atoms with E-state index in [-0.39, 0.29) is 5.56 Å². The predicted octanol–water partition coefficient (Wildman–Crippen LogP) is 3.57. The third kappa shape index (κ3) is 3.92. The Morgan fingerprint density at radius 2 is 1.92 bits per heavy atom. The molecule has 1 heterocycles. The lowest BCUT2D eigenvalue weighted by atomic mass is 10.1. The van der Waals surface area contributed by atoms with E-state index in [9.17, 15) is 9.18 Å². The molecule has 126 valence electrons. The predicted molar refractivity (Wildman–Crippen MR) is 94.4 cm³/mol. The average molecular weight is 357 g/mol. The first-order valence-corrected chi connectivity index (χ1v) is 7.80. The third-order valence-electron chi connectivity index (χ3n) is 3.55. The number of rotatable bonds is 5. The number of nitrogens with two attached hydrogens (primary N) is 1. The molecular formula is C18H14ClFN4O. The van der Waals surface area contributed by atoms with E-state index in [1.807, 2.05) is 6.07 Å². The lowest BCUT2D eigenvalue weighted by molar-refractivity contribution is -0.118. The fourth-order valence-corrected chi connectivity index (χ4v) is 2.54. The average Bonchev–Trinajstić information content (AvgIpc) is 2.62. The Morgan fingerprint density at radius 3 is 2.64 bits per heavy atom. The summed E-state index contributed by atoms with van der Waals surface area (Å²) in [6.45, 7) is 0. The zero-order valence-corrected chi connectivity index (χ0v) is 13.7. The van der Waals surface area contributed by atoms with Crippen LogP contribution in [0.5, 0.6) is 0 Å². The summed E-state index contributed by atoms with van der Waals surface area (Å²) in [5.41, 5.74) is 6.69. The van der Waals surface area contributed by atoms with Gasteiger partial charge in [0.25, 0.3) is 0 Å². The number of hydrogen-bond donors (Lipinski definition) is 2. The number of amides is 1. The maximum atomic E-state index is 14.0. The number of nitrogens with one attached hydrogen (secondary N) is 1. The van der Waals surface area contributed by atoms with Crippen LogP contribution >= 0.6 is 11.6 Å². The van der Waals surface area contributed by atoms with Gasteiger partial charge < -0.3 is 11.1 Å². The highest BCUT2D eigenvalue weighted by molar-refractivity contribution is 6.30. The number of aromatic nitrogens is 2. The first kappa shape index (κ1) is 16.9. The van der Waals surface area contributed by atoms with Gasteiger partial charge in [0, 0.05) is 10.6 Å². The Labute approximate surface area is 148 Å². The Kier molecular flexibility index (Phi) is 4.90. The molecule has 0 unspecified atom stereocenters. The molecule has 3 aromatic rings. The monoisotopic (exact) mass is 356 g/mol. The van der Waals surface area contributed by atoms with Gasteiger partial charge in [-0.15, -0.1) is 0 Å². The van der Waals surface area contributed by atoms with Gasteiger partial charge in [0.05, 0.1) is 18.1 Å². The van der Waals surface area contributed by atoms with E-state index >= 15 is 0 Å². The van der Waals surface area contributed by atoms with Crippen molar-refractivity contribution in [3.05, 3.63) is 77.3 Å². The maximum Gasteiger partial charge on any atom is 0.244 e. The highest BCUT2D eigenvalue weighted by atomic mass is 35.5. The first-order chi connectivity index (χ1) is 12.0. The lowest BCUT2D eigenvalue weighted by Gasteiger charge is -2.16. The van der Waals surface area contributed by atoms with Crippen LogP contribution in [0.1, 0.15) is 11.6 Å². The normalized spacial score (nSPS) is 11.8. The van der Waals surface area contributed by atoms with E-state index in [0.29, 0.717) is 22.1 Å². The minimum atomic E-state index is -0.782. The molecule has 0 bridgehead atoms. The van der Waals surface area contributed by atoms with Crippen LogP contribution in [0, 0.1) is 5.82 Å². The molecule has 1 amide bonds. The summed E-state index contributed by atoms with van der Waals surface area (Å²) in [5.74, 6) is -0.734. The second-order valence-corrected chi connectivity index (χ2v) is 5.74. The molecule has 0 radical (unpaired) electrons. The van der Waals surface area contributed by atoms with Gasteiger partial charge in [-0.25, -0.2) is 9.37 Å². The number of nitrogens with zero attached hydrogens (tertiary/aromatic N) is 2. The smallest absolute Gasteiger partial charge is 0.244 e. The van der Waals surface area contributed by atoms with Crippen molar-refractivity contribution in [3.8, 4) is 11.3 Å². The lowest BCUT2D eigenvalue weighted by Crippen LogP contribution is -2.28. The minimum Gasteiger partial charge on any atom is -0.368 e. The van der Waals surface area contributed by atoms with Crippen LogP contribution in [0.25, 0.3) is 11.3 Å². The molecule has 0 fully saturated rings. The summed E-state index contributed by atoms with van der Waals surface area (Å²) in [6.07, 6.45) is 2.85. The number of carbonyl (C=O) groups is 1. The van der Waals surface area contributed by atoms with Crippen LogP contribution in [-0.4, -0.2) is 15.9 Å². The number of hydrogen-bond acceptors (Lipinski definition) is 4. The van der Waals surface area contributed by atoms with Gasteiger partial charge in [0.1, 0.15) is 17.7 Å². The Bertz CT molecular complexity index is 905. The number of benzene rings is 2. The number of primary amides is 1. The highest BCUT2D eigenvalue weighted by Gasteiger charge is 2.18. The van der Waals surface area contributed by atoms with Crippen molar-refractivity contribution in [2.75, 3.05) is 5.32 Å². The van der Waals surface area contributed by atoms with E-state index in [1.54, 1.807) is 24.3 Å². The van der Waals surface area contributed by atoms with Gasteiger partial charge in [-0.05, 0) is 23.8 Å². The molecular weight excluding hydrogens is 343 g/mol. The fourth-order valence-electron chi connectivity index (χ4n) is 2.37. The van der Waals surface area contributed by atoms with E-state index < -0.39 is 17.8 Å². The van der Waals surface area contributed by atoms with Gasteiger partial charge >= 0.3 is 0 Å². The number of anilines is 1. The number of halogens is 2. The molecule has 0 spiro atoms. The zero-order valence-electron chi connectivity index (χ0n) is 13.0. The van der Waals surface area contributed by atoms with Crippen molar-refractivity contribution < 1.29 is 9.18 Å². The van der Waals surface area contributed by atoms with Gasteiger partial charge in [-0.1, -0.05) is 41.9 Å². The standard InChI is InChI=1S/C18H14ClFN4O/c19-12-6-7-14(20)13(8-12)15-9-22-10-16(23-15)24-17(18(21)25)11-4-2-1-3-5-11/h1-10,17H,(H2,21,25)(H,23,24)/t17-/m0/s1. The van der Waals surface area contributed by atoms with Crippen LogP contribution in [0.3, 0.4) is 0 Å². The molecule has 1 atom stereocenters. The summed E-state index contributed by atoms with van der Waals surface area (Å²) in [4.78, 5) is 20.2. The summed E-state index contributed by atoms with van der Waals surface area (Å²) in [6, 6.07) is 12.4.